The van der Waals surface area contributed by atoms with E-state index in [4.69, 9.17) is 4.98 Å². The van der Waals surface area contributed by atoms with Gasteiger partial charge in [0.2, 0.25) is 0 Å². The monoisotopic (exact) mass is 297 g/mol. The molecule has 0 N–H and O–H groups in total. The Kier molecular flexibility index (Phi) is 4.33. The molecule has 3 rings (SSSR count). The molecule has 1 fully saturated rings. The predicted molar refractivity (Wildman–Crippen MR) is 86.1 cm³/mol. The van der Waals surface area contributed by atoms with Crippen LogP contribution >= 0.6 is 23.7 Å². The minimum absolute atomic E-state index is 0. The van der Waals surface area contributed by atoms with Gasteiger partial charge in [0, 0.05) is 26.2 Å². The van der Waals surface area contributed by atoms with Crippen LogP contribution < -0.4 is 4.90 Å². The summed E-state index contributed by atoms with van der Waals surface area (Å²) >= 11 is 1.84. The average Bonchev–Trinajstić information content (AvgIpc) is 2.81. The molecular weight excluding hydrogens is 278 g/mol. The zero-order valence-electron chi connectivity index (χ0n) is 11.6. The summed E-state index contributed by atoms with van der Waals surface area (Å²) in [5, 5.41) is 1.19. The lowest BCUT2D eigenvalue weighted by atomic mass is 10.1. The molecule has 0 atom stereocenters. The third-order valence-electron chi connectivity index (χ3n) is 3.70. The van der Waals surface area contributed by atoms with Gasteiger partial charge in [0.1, 0.15) is 0 Å². The number of aromatic nitrogens is 1. The zero-order chi connectivity index (χ0) is 12.7. The van der Waals surface area contributed by atoms with Gasteiger partial charge >= 0.3 is 0 Å². The number of anilines is 1. The highest BCUT2D eigenvalue weighted by atomic mass is 35.5. The van der Waals surface area contributed by atoms with E-state index < -0.39 is 0 Å². The number of hydrogen-bond acceptors (Lipinski definition) is 4. The highest BCUT2D eigenvalue weighted by Crippen LogP contribution is 2.33. The third kappa shape index (κ3) is 2.71. The molecule has 104 valence electrons. The zero-order valence-corrected chi connectivity index (χ0v) is 13.3. The fourth-order valence-corrected chi connectivity index (χ4v) is 3.54. The first-order chi connectivity index (χ1) is 8.65. The van der Waals surface area contributed by atoms with Crippen molar-refractivity contribution in [3.8, 4) is 0 Å². The summed E-state index contributed by atoms with van der Waals surface area (Å²) in [6, 6.07) is 4.37. The van der Waals surface area contributed by atoms with Gasteiger partial charge in [-0.3, -0.25) is 0 Å². The number of thiazole rings is 1. The number of aryl methyl sites for hydroxylation is 2. The molecule has 0 amide bonds. The number of likely N-dealkylation sites (N-methyl/N-ethyl adjacent to an activating group) is 1. The number of nitrogens with zero attached hydrogens (tertiary/aromatic N) is 3. The Bertz CT molecular complexity index is 534. The molecule has 5 heteroatoms. The van der Waals surface area contributed by atoms with Crippen LogP contribution in [0.4, 0.5) is 5.13 Å². The normalized spacial score (nSPS) is 16.7. The highest BCUT2D eigenvalue weighted by molar-refractivity contribution is 7.22. The van der Waals surface area contributed by atoms with Crippen LogP contribution in [-0.4, -0.2) is 43.1 Å². The summed E-state index contributed by atoms with van der Waals surface area (Å²) in [6.07, 6.45) is 0. The first-order valence-electron chi connectivity index (χ1n) is 6.45. The van der Waals surface area contributed by atoms with Crippen molar-refractivity contribution in [2.24, 2.45) is 0 Å². The number of rotatable bonds is 1. The lowest BCUT2D eigenvalue weighted by Crippen LogP contribution is -2.44. The second-order valence-electron chi connectivity index (χ2n) is 5.16. The van der Waals surface area contributed by atoms with E-state index in [0.29, 0.717) is 0 Å². The van der Waals surface area contributed by atoms with Crippen molar-refractivity contribution in [2.75, 3.05) is 38.1 Å². The summed E-state index contributed by atoms with van der Waals surface area (Å²) in [4.78, 5) is 9.64. The molecule has 1 aromatic carbocycles. The third-order valence-corrected chi connectivity index (χ3v) is 4.96. The Hall–Kier alpha value is -0.840. The van der Waals surface area contributed by atoms with Crippen LogP contribution in [0.5, 0.6) is 0 Å². The Labute approximate surface area is 124 Å². The Morgan fingerprint density at radius 3 is 2.32 bits per heavy atom. The van der Waals surface area contributed by atoms with Gasteiger partial charge in [0.05, 0.1) is 10.2 Å². The Morgan fingerprint density at radius 2 is 1.68 bits per heavy atom. The summed E-state index contributed by atoms with van der Waals surface area (Å²) in [6.45, 7) is 8.77. The molecule has 0 radical (unpaired) electrons. The Morgan fingerprint density at radius 1 is 1.05 bits per heavy atom. The first kappa shape index (κ1) is 14.6. The molecule has 19 heavy (non-hydrogen) atoms. The molecule has 1 saturated heterocycles. The lowest BCUT2D eigenvalue weighted by Gasteiger charge is -2.32. The largest absolute Gasteiger partial charge is 0.345 e. The second kappa shape index (κ2) is 5.65. The molecule has 0 aliphatic carbocycles. The number of halogens is 1. The molecule has 0 unspecified atom stereocenters. The van der Waals surface area contributed by atoms with Crippen LogP contribution in [0.25, 0.3) is 10.2 Å². The topological polar surface area (TPSA) is 19.4 Å². The van der Waals surface area contributed by atoms with Crippen LogP contribution in [0.1, 0.15) is 11.1 Å². The van der Waals surface area contributed by atoms with E-state index in [1.807, 2.05) is 11.3 Å². The summed E-state index contributed by atoms with van der Waals surface area (Å²) in [7, 11) is 2.18. The molecule has 0 bridgehead atoms. The van der Waals surface area contributed by atoms with Gasteiger partial charge in [0.25, 0.3) is 0 Å². The van der Waals surface area contributed by atoms with Crippen LogP contribution in [0.2, 0.25) is 0 Å². The van der Waals surface area contributed by atoms with Crippen molar-refractivity contribution in [2.45, 2.75) is 13.8 Å². The molecule has 1 aromatic heterocycles. The summed E-state index contributed by atoms with van der Waals surface area (Å²) < 4.78 is 1.35. The van der Waals surface area contributed by atoms with E-state index in [1.54, 1.807) is 0 Å². The van der Waals surface area contributed by atoms with Crippen molar-refractivity contribution in [1.29, 1.82) is 0 Å². The predicted octanol–water partition coefficient (Wildman–Crippen LogP) is 3.09. The highest BCUT2D eigenvalue weighted by Gasteiger charge is 2.18. The van der Waals surface area contributed by atoms with Crippen molar-refractivity contribution >= 4 is 39.1 Å². The van der Waals surface area contributed by atoms with Crippen LogP contribution in [0.15, 0.2) is 12.1 Å². The minimum Gasteiger partial charge on any atom is -0.345 e. The van der Waals surface area contributed by atoms with Crippen molar-refractivity contribution in [3.05, 3.63) is 23.3 Å². The molecular formula is C14H20ClN3S. The SMILES string of the molecule is Cc1ccc(C)c2sc(N3CCN(C)CC3)nc12.Cl. The smallest absolute Gasteiger partial charge is 0.186 e. The summed E-state index contributed by atoms with van der Waals surface area (Å²) in [5.41, 5.74) is 3.81. The van der Waals surface area contributed by atoms with Gasteiger partial charge in [-0.15, -0.1) is 12.4 Å². The van der Waals surface area contributed by atoms with E-state index in [1.165, 1.54) is 26.5 Å². The van der Waals surface area contributed by atoms with Gasteiger partial charge in [-0.1, -0.05) is 23.5 Å². The number of fused-ring (bicyclic) bond motifs is 1. The van der Waals surface area contributed by atoms with E-state index in [0.717, 1.165) is 26.2 Å². The fraction of sp³-hybridized carbons (Fsp3) is 0.500. The van der Waals surface area contributed by atoms with E-state index >= 15 is 0 Å². The van der Waals surface area contributed by atoms with E-state index in [-0.39, 0.29) is 12.4 Å². The van der Waals surface area contributed by atoms with Crippen LogP contribution in [0, 0.1) is 13.8 Å². The van der Waals surface area contributed by atoms with Gasteiger partial charge in [-0.05, 0) is 32.0 Å². The van der Waals surface area contributed by atoms with E-state index in [9.17, 15) is 0 Å². The van der Waals surface area contributed by atoms with Gasteiger partial charge in [-0.2, -0.15) is 0 Å². The van der Waals surface area contributed by atoms with Gasteiger partial charge in [0.15, 0.2) is 5.13 Å². The van der Waals surface area contributed by atoms with Crippen molar-refractivity contribution in [3.63, 3.8) is 0 Å². The van der Waals surface area contributed by atoms with Gasteiger partial charge in [-0.25, -0.2) is 4.98 Å². The Balaban J connectivity index is 0.00000133. The molecule has 1 aliphatic rings. The van der Waals surface area contributed by atoms with Crippen LogP contribution in [0.3, 0.4) is 0 Å². The van der Waals surface area contributed by atoms with Crippen molar-refractivity contribution < 1.29 is 0 Å². The maximum absolute atomic E-state index is 4.85. The molecule has 0 spiro atoms. The summed E-state index contributed by atoms with van der Waals surface area (Å²) in [5.74, 6) is 0. The fourth-order valence-electron chi connectivity index (χ4n) is 2.38. The number of piperazine rings is 1. The average molecular weight is 298 g/mol. The lowest BCUT2D eigenvalue weighted by molar-refractivity contribution is 0.313. The maximum atomic E-state index is 4.85. The van der Waals surface area contributed by atoms with Gasteiger partial charge < -0.3 is 9.80 Å². The minimum atomic E-state index is 0. The van der Waals surface area contributed by atoms with Crippen LogP contribution in [-0.2, 0) is 0 Å². The standard InChI is InChI=1S/C14H19N3S.ClH/c1-10-4-5-11(2)13-12(10)15-14(18-13)17-8-6-16(3)7-9-17;/h4-5H,6-9H2,1-3H3;1H. The number of benzene rings is 1. The number of hydrogen-bond donors (Lipinski definition) is 0. The molecule has 2 aromatic rings. The van der Waals surface area contributed by atoms with Crippen molar-refractivity contribution in [1.82, 2.24) is 9.88 Å². The molecule has 1 aliphatic heterocycles. The molecule has 2 heterocycles. The molecule has 3 nitrogen and oxygen atoms in total. The maximum Gasteiger partial charge on any atom is 0.186 e. The first-order valence-corrected chi connectivity index (χ1v) is 7.27. The second-order valence-corrected chi connectivity index (χ2v) is 6.14. The quantitative estimate of drug-likeness (QED) is 0.806. The van der Waals surface area contributed by atoms with E-state index in [2.05, 4.69) is 42.8 Å². The molecule has 0 saturated carbocycles.